The number of furan rings is 1. The predicted molar refractivity (Wildman–Crippen MR) is 52.7 cm³/mol. The third-order valence-corrected chi connectivity index (χ3v) is 1.89. The van der Waals surface area contributed by atoms with E-state index < -0.39 is 0 Å². The normalized spacial score (nSPS) is 10.4. The van der Waals surface area contributed by atoms with Crippen molar-refractivity contribution in [2.45, 2.75) is 20.8 Å². The van der Waals surface area contributed by atoms with Crippen LogP contribution in [0.25, 0.3) is 0 Å². The molecule has 0 amide bonds. The first-order valence-corrected chi connectivity index (χ1v) is 4.35. The zero-order valence-electron chi connectivity index (χ0n) is 8.50. The smallest absolute Gasteiger partial charge is 0.240 e. The van der Waals surface area contributed by atoms with Crippen molar-refractivity contribution in [2.75, 3.05) is 6.61 Å². The summed E-state index contributed by atoms with van der Waals surface area (Å²) < 4.78 is 10.2. The third-order valence-electron chi connectivity index (χ3n) is 1.89. The zero-order chi connectivity index (χ0) is 10.6. The van der Waals surface area contributed by atoms with E-state index in [9.17, 15) is 0 Å². The van der Waals surface area contributed by atoms with Gasteiger partial charge in [0, 0.05) is 5.56 Å². The SMILES string of the molecule is CCOC=Nc1oc(C)c(C)c1C#N. The van der Waals surface area contributed by atoms with Crippen molar-refractivity contribution in [3.63, 3.8) is 0 Å². The van der Waals surface area contributed by atoms with Crippen LogP contribution < -0.4 is 0 Å². The number of hydrogen-bond donors (Lipinski definition) is 0. The highest BCUT2D eigenvalue weighted by molar-refractivity contribution is 5.60. The van der Waals surface area contributed by atoms with Crippen molar-refractivity contribution in [2.24, 2.45) is 4.99 Å². The molecule has 14 heavy (non-hydrogen) atoms. The lowest BCUT2D eigenvalue weighted by molar-refractivity contribution is 0.343. The second kappa shape index (κ2) is 4.47. The van der Waals surface area contributed by atoms with E-state index in [0.717, 1.165) is 5.56 Å². The molecule has 0 fully saturated rings. The molecular weight excluding hydrogens is 180 g/mol. The van der Waals surface area contributed by atoms with Crippen LogP contribution in [-0.4, -0.2) is 13.0 Å². The lowest BCUT2D eigenvalue weighted by Gasteiger charge is -1.90. The van der Waals surface area contributed by atoms with Crippen LogP contribution in [0.3, 0.4) is 0 Å². The Labute approximate surface area is 82.8 Å². The molecule has 4 heteroatoms. The van der Waals surface area contributed by atoms with Gasteiger partial charge in [-0.05, 0) is 20.8 Å². The Morgan fingerprint density at radius 3 is 2.86 bits per heavy atom. The molecule has 0 aliphatic rings. The Morgan fingerprint density at radius 2 is 2.29 bits per heavy atom. The number of ether oxygens (including phenoxy) is 1. The molecule has 74 valence electrons. The van der Waals surface area contributed by atoms with Gasteiger partial charge in [-0.1, -0.05) is 0 Å². The fourth-order valence-corrected chi connectivity index (χ4v) is 0.991. The van der Waals surface area contributed by atoms with Gasteiger partial charge in [0.15, 0.2) is 6.40 Å². The molecule has 1 heterocycles. The van der Waals surface area contributed by atoms with Gasteiger partial charge < -0.3 is 9.15 Å². The van der Waals surface area contributed by atoms with E-state index in [1.165, 1.54) is 6.40 Å². The molecule has 0 unspecified atom stereocenters. The molecule has 0 aliphatic heterocycles. The van der Waals surface area contributed by atoms with Crippen LogP contribution in [0.2, 0.25) is 0 Å². The van der Waals surface area contributed by atoms with Crippen LogP contribution >= 0.6 is 0 Å². The first-order valence-electron chi connectivity index (χ1n) is 4.35. The minimum Gasteiger partial charge on any atom is -0.483 e. The molecule has 0 saturated carbocycles. The first-order chi connectivity index (χ1) is 6.70. The van der Waals surface area contributed by atoms with E-state index in [1.807, 2.05) is 19.9 Å². The van der Waals surface area contributed by atoms with Gasteiger partial charge in [-0.2, -0.15) is 10.3 Å². The van der Waals surface area contributed by atoms with Crippen molar-refractivity contribution < 1.29 is 9.15 Å². The van der Waals surface area contributed by atoms with Crippen LogP contribution in [0.5, 0.6) is 0 Å². The summed E-state index contributed by atoms with van der Waals surface area (Å²) in [7, 11) is 0. The maximum Gasteiger partial charge on any atom is 0.240 e. The third kappa shape index (κ3) is 1.94. The Bertz CT molecular complexity index is 386. The summed E-state index contributed by atoms with van der Waals surface area (Å²) >= 11 is 0. The standard InChI is InChI=1S/C10H12N2O2/c1-4-13-6-12-10-9(5-11)7(2)8(3)14-10/h6H,4H2,1-3H3. The quantitative estimate of drug-likeness (QED) is 0.546. The second-order valence-electron chi connectivity index (χ2n) is 2.77. The molecule has 4 nitrogen and oxygen atoms in total. The molecule has 0 saturated heterocycles. The van der Waals surface area contributed by atoms with Gasteiger partial charge in [-0.3, -0.25) is 0 Å². The van der Waals surface area contributed by atoms with Crippen molar-refractivity contribution in [3.05, 3.63) is 16.9 Å². The Hall–Kier alpha value is -1.76. The van der Waals surface area contributed by atoms with Crippen molar-refractivity contribution in [1.82, 2.24) is 0 Å². The lowest BCUT2D eigenvalue weighted by atomic mass is 10.2. The van der Waals surface area contributed by atoms with Crippen molar-refractivity contribution >= 4 is 12.3 Å². The van der Waals surface area contributed by atoms with E-state index in [1.54, 1.807) is 6.92 Å². The van der Waals surface area contributed by atoms with Crippen LogP contribution in [0.4, 0.5) is 5.88 Å². The largest absolute Gasteiger partial charge is 0.483 e. The van der Waals surface area contributed by atoms with Crippen LogP contribution in [0.1, 0.15) is 23.8 Å². The topological polar surface area (TPSA) is 58.5 Å². The average molecular weight is 192 g/mol. The second-order valence-corrected chi connectivity index (χ2v) is 2.77. The predicted octanol–water partition coefficient (Wildman–Crippen LogP) is 2.46. The minimum atomic E-state index is 0.316. The summed E-state index contributed by atoms with van der Waals surface area (Å²) in [6.45, 7) is 6.03. The van der Waals surface area contributed by atoms with Crippen LogP contribution in [-0.2, 0) is 4.74 Å². The molecule has 0 radical (unpaired) electrons. The summed E-state index contributed by atoms with van der Waals surface area (Å²) in [5.41, 5.74) is 1.30. The van der Waals surface area contributed by atoms with E-state index in [-0.39, 0.29) is 0 Å². The lowest BCUT2D eigenvalue weighted by Crippen LogP contribution is -1.83. The highest BCUT2D eigenvalue weighted by Gasteiger charge is 2.12. The monoisotopic (exact) mass is 192 g/mol. The molecule has 0 atom stereocenters. The van der Waals surface area contributed by atoms with Gasteiger partial charge >= 0.3 is 0 Å². The molecule has 0 aromatic carbocycles. The van der Waals surface area contributed by atoms with E-state index >= 15 is 0 Å². The molecule has 0 N–H and O–H groups in total. The van der Waals surface area contributed by atoms with E-state index in [0.29, 0.717) is 23.8 Å². The number of aryl methyl sites for hydroxylation is 1. The molecule has 0 bridgehead atoms. The zero-order valence-corrected chi connectivity index (χ0v) is 8.50. The van der Waals surface area contributed by atoms with Gasteiger partial charge in [0.2, 0.25) is 5.88 Å². The number of nitriles is 1. The summed E-state index contributed by atoms with van der Waals surface area (Å²) in [5, 5.41) is 8.84. The number of hydrogen-bond acceptors (Lipinski definition) is 4. The summed E-state index contributed by atoms with van der Waals surface area (Å²) in [4.78, 5) is 3.91. The fraction of sp³-hybridized carbons (Fsp3) is 0.400. The Kier molecular flexibility index (Phi) is 3.29. The van der Waals surface area contributed by atoms with Crippen molar-refractivity contribution in [3.8, 4) is 6.07 Å². The van der Waals surface area contributed by atoms with E-state index in [2.05, 4.69) is 4.99 Å². The fourth-order valence-electron chi connectivity index (χ4n) is 0.991. The highest BCUT2D eigenvalue weighted by atomic mass is 16.5. The van der Waals surface area contributed by atoms with Gasteiger partial charge in [-0.15, -0.1) is 0 Å². The molecular formula is C10H12N2O2. The molecule has 0 aliphatic carbocycles. The van der Waals surface area contributed by atoms with Gasteiger partial charge in [0.25, 0.3) is 0 Å². The number of rotatable bonds is 3. The Balaban J connectivity index is 2.98. The summed E-state index contributed by atoms with van der Waals surface area (Å²) in [5.74, 6) is 1.03. The molecule has 1 aromatic heterocycles. The maximum atomic E-state index is 8.84. The number of nitrogens with zero attached hydrogens (tertiary/aromatic N) is 2. The Morgan fingerprint density at radius 1 is 1.57 bits per heavy atom. The minimum absolute atomic E-state index is 0.316. The average Bonchev–Trinajstić information content (AvgIpc) is 2.43. The van der Waals surface area contributed by atoms with Crippen LogP contribution in [0.15, 0.2) is 9.41 Å². The highest BCUT2D eigenvalue weighted by Crippen LogP contribution is 2.27. The van der Waals surface area contributed by atoms with Crippen LogP contribution in [0, 0.1) is 25.2 Å². The number of aliphatic imine (C=N–C) groups is 1. The maximum absolute atomic E-state index is 8.84. The summed E-state index contributed by atoms with van der Waals surface area (Å²) in [6, 6.07) is 2.05. The molecule has 1 rings (SSSR count). The van der Waals surface area contributed by atoms with E-state index in [4.69, 9.17) is 14.4 Å². The van der Waals surface area contributed by atoms with Gasteiger partial charge in [-0.25, -0.2) is 0 Å². The summed E-state index contributed by atoms with van der Waals surface area (Å²) in [6.07, 6.45) is 1.29. The van der Waals surface area contributed by atoms with Gasteiger partial charge in [0.05, 0.1) is 6.61 Å². The first kappa shape index (κ1) is 10.3. The molecule has 0 spiro atoms. The molecule has 1 aromatic rings. The van der Waals surface area contributed by atoms with Gasteiger partial charge in [0.1, 0.15) is 17.4 Å². The van der Waals surface area contributed by atoms with Crippen molar-refractivity contribution in [1.29, 1.82) is 5.26 Å².